The van der Waals surface area contributed by atoms with Crippen molar-refractivity contribution in [3.63, 3.8) is 0 Å². The number of hydrogen-bond acceptors (Lipinski definition) is 3. The van der Waals surface area contributed by atoms with Gasteiger partial charge in [0, 0.05) is 51.3 Å². The lowest BCUT2D eigenvalue weighted by Gasteiger charge is -2.29. The van der Waals surface area contributed by atoms with Crippen LogP contribution in [0.15, 0.2) is 48.5 Å². The van der Waals surface area contributed by atoms with Gasteiger partial charge in [-0.15, -0.1) is 0 Å². The number of rotatable bonds is 6. The molecule has 3 rings (SSSR count). The van der Waals surface area contributed by atoms with Crippen LogP contribution in [0.2, 0.25) is 0 Å². The number of aryl methyl sites for hydroxylation is 1. The van der Waals surface area contributed by atoms with E-state index in [1.807, 2.05) is 36.1 Å². The number of amides is 2. The van der Waals surface area contributed by atoms with Crippen LogP contribution < -0.4 is 5.32 Å². The third-order valence-electron chi connectivity index (χ3n) is 4.92. The van der Waals surface area contributed by atoms with Crippen LogP contribution in [0.3, 0.4) is 0 Å². The molecule has 1 heterocycles. The molecule has 0 saturated carbocycles. The first-order valence-corrected chi connectivity index (χ1v) is 9.62. The SMILES string of the molecule is Cc1ccc(CN(CCC(=O)N2CCNCC2)C(=O)c2cccc(F)c2)cc1. The van der Waals surface area contributed by atoms with Crippen LogP contribution in [-0.4, -0.2) is 54.3 Å². The minimum absolute atomic E-state index is 0.0439. The fourth-order valence-electron chi connectivity index (χ4n) is 3.27. The number of piperazine rings is 1. The van der Waals surface area contributed by atoms with Gasteiger partial charge in [0.1, 0.15) is 5.82 Å². The number of carbonyl (C=O) groups excluding carboxylic acids is 2. The van der Waals surface area contributed by atoms with Crippen LogP contribution in [0.4, 0.5) is 4.39 Å². The van der Waals surface area contributed by atoms with E-state index in [-0.39, 0.29) is 18.2 Å². The Hall–Kier alpha value is -2.73. The Balaban J connectivity index is 1.72. The summed E-state index contributed by atoms with van der Waals surface area (Å²) in [6.45, 7) is 5.65. The van der Waals surface area contributed by atoms with E-state index in [9.17, 15) is 14.0 Å². The highest BCUT2D eigenvalue weighted by atomic mass is 19.1. The van der Waals surface area contributed by atoms with Crippen molar-refractivity contribution in [3.05, 3.63) is 71.0 Å². The van der Waals surface area contributed by atoms with E-state index in [4.69, 9.17) is 0 Å². The summed E-state index contributed by atoms with van der Waals surface area (Å²) in [5.74, 6) is -0.673. The van der Waals surface area contributed by atoms with Crippen molar-refractivity contribution in [2.75, 3.05) is 32.7 Å². The monoisotopic (exact) mass is 383 g/mol. The van der Waals surface area contributed by atoms with Gasteiger partial charge in [-0.3, -0.25) is 9.59 Å². The van der Waals surface area contributed by atoms with Crippen molar-refractivity contribution in [1.29, 1.82) is 0 Å². The molecule has 148 valence electrons. The van der Waals surface area contributed by atoms with Crippen molar-refractivity contribution >= 4 is 11.8 Å². The first-order valence-electron chi connectivity index (χ1n) is 9.62. The van der Waals surface area contributed by atoms with Crippen LogP contribution in [-0.2, 0) is 11.3 Å². The molecule has 1 saturated heterocycles. The summed E-state index contributed by atoms with van der Waals surface area (Å²) in [6.07, 6.45) is 0.257. The zero-order chi connectivity index (χ0) is 19.9. The summed E-state index contributed by atoms with van der Waals surface area (Å²) < 4.78 is 13.6. The summed E-state index contributed by atoms with van der Waals surface area (Å²) in [4.78, 5) is 28.9. The average Bonchev–Trinajstić information content (AvgIpc) is 2.72. The third-order valence-corrected chi connectivity index (χ3v) is 4.92. The zero-order valence-corrected chi connectivity index (χ0v) is 16.2. The van der Waals surface area contributed by atoms with E-state index >= 15 is 0 Å². The van der Waals surface area contributed by atoms with Gasteiger partial charge in [0.2, 0.25) is 5.91 Å². The number of carbonyl (C=O) groups is 2. The summed E-state index contributed by atoms with van der Waals surface area (Å²) in [5, 5.41) is 3.22. The summed E-state index contributed by atoms with van der Waals surface area (Å²) in [5.41, 5.74) is 2.41. The van der Waals surface area contributed by atoms with E-state index in [0.29, 0.717) is 31.7 Å². The molecule has 28 heavy (non-hydrogen) atoms. The molecule has 0 unspecified atom stereocenters. The molecule has 0 radical (unpaired) electrons. The topological polar surface area (TPSA) is 52.7 Å². The predicted molar refractivity (Wildman–Crippen MR) is 106 cm³/mol. The number of nitrogens with one attached hydrogen (secondary N) is 1. The van der Waals surface area contributed by atoms with Crippen LogP contribution in [0, 0.1) is 12.7 Å². The van der Waals surface area contributed by atoms with Gasteiger partial charge < -0.3 is 15.1 Å². The molecule has 2 amide bonds. The molecule has 5 nitrogen and oxygen atoms in total. The molecule has 0 aliphatic carbocycles. The predicted octanol–water partition coefficient (Wildman–Crippen LogP) is 2.60. The Bertz CT molecular complexity index is 817. The zero-order valence-electron chi connectivity index (χ0n) is 16.2. The molecular formula is C22H26FN3O2. The number of hydrogen-bond donors (Lipinski definition) is 1. The van der Waals surface area contributed by atoms with E-state index in [2.05, 4.69) is 5.32 Å². The molecule has 0 spiro atoms. The minimum atomic E-state index is -0.446. The first-order chi connectivity index (χ1) is 13.5. The van der Waals surface area contributed by atoms with Gasteiger partial charge in [-0.1, -0.05) is 35.9 Å². The fraction of sp³-hybridized carbons (Fsp3) is 0.364. The molecule has 0 atom stereocenters. The maximum Gasteiger partial charge on any atom is 0.254 e. The van der Waals surface area contributed by atoms with E-state index in [1.165, 1.54) is 18.2 Å². The van der Waals surface area contributed by atoms with E-state index < -0.39 is 5.82 Å². The molecular weight excluding hydrogens is 357 g/mol. The van der Waals surface area contributed by atoms with Gasteiger partial charge in [-0.05, 0) is 30.7 Å². The van der Waals surface area contributed by atoms with Crippen LogP contribution in [0.1, 0.15) is 27.9 Å². The minimum Gasteiger partial charge on any atom is -0.340 e. The smallest absolute Gasteiger partial charge is 0.254 e. The molecule has 6 heteroatoms. The quantitative estimate of drug-likeness (QED) is 0.834. The Morgan fingerprint density at radius 1 is 1.11 bits per heavy atom. The van der Waals surface area contributed by atoms with Crippen molar-refractivity contribution in [2.24, 2.45) is 0 Å². The molecule has 1 aliphatic rings. The van der Waals surface area contributed by atoms with Gasteiger partial charge in [-0.2, -0.15) is 0 Å². The van der Waals surface area contributed by atoms with Gasteiger partial charge >= 0.3 is 0 Å². The molecule has 2 aromatic carbocycles. The highest BCUT2D eigenvalue weighted by Gasteiger charge is 2.21. The molecule has 0 bridgehead atoms. The van der Waals surface area contributed by atoms with E-state index in [0.717, 1.165) is 24.2 Å². The molecule has 1 aliphatic heterocycles. The first kappa shape index (κ1) is 20.0. The van der Waals surface area contributed by atoms with Crippen LogP contribution in [0.25, 0.3) is 0 Å². The lowest BCUT2D eigenvalue weighted by Crippen LogP contribution is -2.47. The van der Waals surface area contributed by atoms with Gasteiger partial charge in [0.15, 0.2) is 0 Å². The maximum absolute atomic E-state index is 13.6. The van der Waals surface area contributed by atoms with E-state index in [1.54, 1.807) is 11.0 Å². The highest BCUT2D eigenvalue weighted by Crippen LogP contribution is 2.13. The fourth-order valence-corrected chi connectivity index (χ4v) is 3.27. The van der Waals surface area contributed by atoms with Gasteiger partial charge in [-0.25, -0.2) is 4.39 Å². The van der Waals surface area contributed by atoms with Gasteiger partial charge in [0.05, 0.1) is 0 Å². The number of benzene rings is 2. The average molecular weight is 383 g/mol. The second-order valence-corrected chi connectivity index (χ2v) is 7.10. The largest absolute Gasteiger partial charge is 0.340 e. The van der Waals surface area contributed by atoms with Crippen LogP contribution in [0.5, 0.6) is 0 Å². The van der Waals surface area contributed by atoms with Crippen molar-refractivity contribution in [1.82, 2.24) is 15.1 Å². The summed E-state index contributed by atoms with van der Waals surface area (Å²) >= 11 is 0. The molecule has 2 aromatic rings. The summed E-state index contributed by atoms with van der Waals surface area (Å²) in [7, 11) is 0. The Labute approximate surface area is 165 Å². The molecule has 1 fully saturated rings. The third kappa shape index (κ3) is 5.39. The second-order valence-electron chi connectivity index (χ2n) is 7.10. The molecule has 1 N–H and O–H groups in total. The number of halogens is 1. The highest BCUT2D eigenvalue weighted by molar-refractivity contribution is 5.94. The van der Waals surface area contributed by atoms with Crippen LogP contribution >= 0.6 is 0 Å². The Morgan fingerprint density at radius 2 is 1.82 bits per heavy atom. The Kier molecular flexibility index (Phi) is 6.76. The van der Waals surface area contributed by atoms with Crippen molar-refractivity contribution < 1.29 is 14.0 Å². The normalized spacial score (nSPS) is 14.0. The van der Waals surface area contributed by atoms with Gasteiger partial charge in [0.25, 0.3) is 5.91 Å². The Morgan fingerprint density at radius 3 is 2.50 bits per heavy atom. The van der Waals surface area contributed by atoms with Crippen molar-refractivity contribution in [3.8, 4) is 0 Å². The lowest BCUT2D eigenvalue weighted by molar-refractivity contribution is -0.132. The number of nitrogens with zero attached hydrogens (tertiary/aromatic N) is 2. The summed E-state index contributed by atoms with van der Waals surface area (Å²) in [6, 6.07) is 13.6. The lowest BCUT2D eigenvalue weighted by atomic mass is 10.1. The standard InChI is InChI=1S/C22H26FN3O2/c1-17-5-7-18(8-6-17)16-26(22(28)19-3-2-4-20(23)15-19)12-9-21(27)25-13-10-24-11-14-25/h2-8,15,24H,9-14,16H2,1H3. The second kappa shape index (κ2) is 9.46. The van der Waals surface area contributed by atoms with Crippen molar-refractivity contribution in [2.45, 2.75) is 19.9 Å². The molecule has 0 aromatic heterocycles. The maximum atomic E-state index is 13.6.